The zero-order valence-electron chi connectivity index (χ0n) is 7.84. The van der Waals surface area contributed by atoms with E-state index in [1.807, 2.05) is 6.26 Å². The molecule has 0 amide bonds. The van der Waals surface area contributed by atoms with Crippen LogP contribution in [0.1, 0.15) is 43.9 Å². The largest absolute Gasteiger partial charge is 0.468 e. The van der Waals surface area contributed by atoms with Crippen LogP contribution in [-0.2, 0) is 6.54 Å². The molecule has 0 bridgehead atoms. The van der Waals surface area contributed by atoms with Crippen LogP contribution in [0.15, 0.2) is 16.7 Å². The molecular weight excluding hydrogens is 150 g/mol. The first kappa shape index (κ1) is 9.33. The van der Waals surface area contributed by atoms with Gasteiger partial charge in [-0.3, -0.25) is 0 Å². The SMILES string of the molecule is CCC(CC)c1coc(CN)c1. The topological polar surface area (TPSA) is 39.2 Å². The van der Waals surface area contributed by atoms with E-state index >= 15 is 0 Å². The van der Waals surface area contributed by atoms with Gasteiger partial charge in [-0.2, -0.15) is 0 Å². The van der Waals surface area contributed by atoms with Gasteiger partial charge >= 0.3 is 0 Å². The lowest BCUT2D eigenvalue weighted by atomic mass is 9.96. The Labute approximate surface area is 73.8 Å². The van der Waals surface area contributed by atoms with E-state index < -0.39 is 0 Å². The first-order valence-corrected chi connectivity index (χ1v) is 4.59. The first-order valence-electron chi connectivity index (χ1n) is 4.59. The molecule has 0 saturated heterocycles. The number of furan rings is 1. The monoisotopic (exact) mass is 167 g/mol. The minimum absolute atomic E-state index is 0.500. The molecule has 0 unspecified atom stereocenters. The molecule has 1 aromatic rings. The van der Waals surface area contributed by atoms with E-state index in [9.17, 15) is 0 Å². The summed E-state index contributed by atoms with van der Waals surface area (Å²) >= 11 is 0. The summed E-state index contributed by atoms with van der Waals surface area (Å²) < 4.78 is 5.27. The molecule has 0 aliphatic heterocycles. The molecule has 1 aromatic heterocycles. The molecule has 0 radical (unpaired) electrons. The smallest absolute Gasteiger partial charge is 0.117 e. The second-order valence-corrected chi connectivity index (χ2v) is 3.06. The molecule has 68 valence electrons. The van der Waals surface area contributed by atoms with Gasteiger partial charge in [0.15, 0.2) is 0 Å². The maximum absolute atomic E-state index is 5.45. The minimum atomic E-state index is 0.500. The van der Waals surface area contributed by atoms with Crippen molar-refractivity contribution in [1.29, 1.82) is 0 Å². The van der Waals surface area contributed by atoms with Gasteiger partial charge in [0.1, 0.15) is 5.76 Å². The molecule has 0 aromatic carbocycles. The van der Waals surface area contributed by atoms with Crippen LogP contribution in [0.2, 0.25) is 0 Å². The molecule has 2 nitrogen and oxygen atoms in total. The molecule has 2 N–H and O–H groups in total. The van der Waals surface area contributed by atoms with Crippen LogP contribution in [0.3, 0.4) is 0 Å². The summed E-state index contributed by atoms with van der Waals surface area (Å²) in [7, 11) is 0. The number of rotatable bonds is 4. The second kappa shape index (κ2) is 4.31. The number of hydrogen-bond donors (Lipinski definition) is 1. The molecule has 2 heteroatoms. The Morgan fingerprint density at radius 2 is 2.08 bits per heavy atom. The Balaban J connectivity index is 2.72. The highest BCUT2D eigenvalue weighted by Crippen LogP contribution is 2.24. The van der Waals surface area contributed by atoms with Crippen molar-refractivity contribution in [2.45, 2.75) is 39.2 Å². The summed E-state index contributed by atoms with van der Waals surface area (Å²) in [4.78, 5) is 0. The molecule has 0 fully saturated rings. The summed E-state index contributed by atoms with van der Waals surface area (Å²) in [6, 6.07) is 2.07. The normalized spacial score (nSPS) is 11.0. The zero-order chi connectivity index (χ0) is 8.97. The third-order valence-electron chi connectivity index (χ3n) is 2.33. The van der Waals surface area contributed by atoms with Crippen molar-refractivity contribution in [1.82, 2.24) is 0 Å². The van der Waals surface area contributed by atoms with E-state index in [2.05, 4.69) is 19.9 Å². The summed E-state index contributed by atoms with van der Waals surface area (Å²) in [5, 5.41) is 0. The van der Waals surface area contributed by atoms with Crippen LogP contribution in [0.5, 0.6) is 0 Å². The number of hydrogen-bond acceptors (Lipinski definition) is 2. The van der Waals surface area contributed by atoms with Crippen molar-refractivity contribution < 1.29 is 4.42 Å². The highest BCUT2D eigenvalue weighted by atomic mass is 16.3. The van der Waals surface area contributed by atoms with Gasteiger partial charge in [0.2, 0.25) is 0 Å². The van der Waals surface area contributed by atoms with Crippen LogP contribution in [0, 0.1) is 0 Å². The van der Waals surface area contributed by atoms with Crippen LogP contribution < -0.4 is 5.73 Å². The predicted octanol–water partition coefficient (Wildman–Crippen LogP) is 2.64. The maximum atomic E-state index is 5.45. The standard InChI is InChI=1S/C10H17NO/c1-3-8(4-2)9-5-10(6-11)12-7-9/h5,7-8H,3-4,6,11H2,1-2H3. The Hall–Kier alpha value is -0.760. The zero-order valence-corrected chi connectivity index (χ0v) is 7.84. The van der Waals surface area contributed by atoms with Gasteiger partial charge in [0.05, 0.1) is 12.8 Å². The predicted molar refractivity (Wildman–Crippen MR) is 49.9 cm³/mol. The van der Waals surface area contributed by atoms with Crippen LogP contribution in [0.4, 0.5) is 0 Å². The van der Waals surface area contributed by atoms with Gasteiger partial charge in [-0.1, -0.05) is 13.8 Å². The van der Waals surface area contributed by atoms with Crippen LogP contribution in [-0.4, -0.2) is 0 Å². The van der Waals surface area contributed by atoms with Gasteiger partial charge in [-0.15, -0.1) is 0 Å². The Morgan fingerprint density at radius 3 is 2.50 bits per heavy atom. The first-order chi connectivity index (χ1) is 5.81. The van der Waals surface area contributed by atoms with Crippen molar-refractivity contribution in [3.05, 3.63) is 23.7 Å². The van der Waals surface area contributed by atoms with Crippen molar-refractivity contribution in [3.8, 4) is 0 Å². The fourth-order valence-electron chi connectivity index (χ4n) is 1.48. The van der Waals surface area contributed by atoms with E-state index in [1.54, 1.807) is 0 Å². The van der Waals surface area contributed by atoms with Gasteiger partial charge < -0.3 is 10.2 Å². The third-order valence-corrected chi connectivity index (χ3v) is 2.33. The quantitative estimate of drug-likeness (QED) is 0.748. The van der Waals surface area contributed by atoms with Gasteiger partial charge in [-0.05, 0) is 30.4 Å². The minimum Gasteiger partial charge on any atom is -0.468 e. The lowest BCUT2D eigenvalue weighted by Gasteiger charge is -2.07. The highest BCUT2D eigenvalue weighted by molar-refractivity contribution is 5.17. The van der Waals surface area contributed by atoms with Crippen molar-refractivity contribution in [2.24, 2.45) is 5.73 Å². The molecule has 0 aliphatic rings. The van der Waals surface area contributed by atoms with Crippen molar-refractivity contribution in [2.75, 3.05) is 0 Å². The van der Waals surface area contributed by atoms with E-state index in [-0.39, 0.29) is 0 Å². The van der Waals surface area contributed by atoms with Gasteiger partial charge in [-0.25, -0.2) is 0 Å². The molecule has 0 aliphatic carbocycles. The van der Waals surface area contributed by atoms with E-state index in [4.69, 9.17) is 10.2 Å². The van der Waals surface area contributed by atoms with Crippen molar-refractivity contribution >= 4 is 0 Å². The molecule has 0 atom stereocenters. The summed E-state index contributed by atoms with van der Waals surface area (Å²) in [5.74, 6) is 1.52. The second-order valence-electron chi connectivity index (χ2n) is 3.06. The van der Waals surface area contributed by atoms with Crippen LogP contribution >= 0.6 is 0 Å². The fourth-order valence-corrected chi connectivity index (χ4v) is 1.48. The van der Waals surface area contributed by atoms with Crippen LogP contribution in [0.25, 0.3) is 0 Å². The number of nitrogens with two attached hydrogens (primary N) is 1. The lowest BCUT2D eigenvalue weighted by Crippen LogP contribution is -1.95. The van der Waals surface area contributed by atoms with Gasteiger partial charge in [0.25, 0.3) is 0 Å². The Kier molecular flexibility index (Phi) is 3.35. The summed E-state index contributed by atoms with van der Waals surface area (Å²) in [6.07, 6.45) is 4.17. The highest BCUT2D eigenvalue weighted by Gasteiger charge is 2.09. The molecule has 0 saturated carbocycles. The third kappa shape index (κ3) is 1.89. The molecule has 1 rings (SSSR count). The fraction of sp³-hybridized carbons (Fsp3) is 0.600. The van der Waals surface area contributed by atoms with E-state index in [1.165, 1.54) is 18.4 Å². The Morgan fingerprint density at radius 1 is 1.42 bits per heavy atom. The summed E-state index contributed by atoms with van der Waals surface area (Å²) in [5.41, 5.74) is 6.74. The summed E-state index contributed by atoms with van der Waals surface area (Å²) in [6.45, 7) is 4.90. The van der Waals surface area contributed by atoms with Gasteiger partial charge in [0, 0.05) is 0 Å². The Bertz CT molecular complexity index is 225. The van der Waals surface area contributed by atoms with E-state index in [0.717, 1.165) is 5.76 Å². The van der Waals surface area contributed by atoms with Crippen molar-refractivity contribution in [3.63, 3.8) is 0 Å². The average molecular weight is 167 g/mol. The molecule has 0 spiro atoms. The lowest BCUT2D eigenvalue weighted by molar-refractivity contribution is 0.506. The maximum Gasteiger partial charge on any atom is 0.117 e. The molecular formula is C10H17NO. The molecule has 12 heavy (non-hydrogen) atoms. The average Bonchev–Trinajstić information content (AvgIpc) is 2.55. The van der Waals surface area contributed by atoms with E-state index in [0.29, 0.717) is 12.5 Å². The molecule has 1 heterocycles.